The molecule has 1 atom stereocenters. The molecule has 0 spiro atoms. The summed E-state index contributed by atoms with van der Waals surface area (Å²) in [6, 6.07) is 9.02. The molecule has 4 heterocycles. The first-order valence-electron chi connectivity index (χ1n) is 11.3. The molecule has 4 aromatic heterocycles. The lowest BCUT2D eigenvalue weighted by Gasteiger charge is -2.11. The van der Waals surface area contributed by atoms with Gasteiger partial charge in [0.2, 0.25) is 10.0 Å². The van der Waals surface area contributed by atoms with Crippen LogP contribution >= 0.6 is 0 Å². The minimum absolute atomic E-state index is 0.133. The smallest absolute Gasteiger partial charge is 0.229 e. The number of aromatic nitrogens is 5. The second kappa shape index (κ2) is 9.93. The zero-order valence-electron chi connectivity index (χ0n) is 20.0. The van der Waals surface area contributed by atoms with E-state index in [0.29, 0.717) is 22.7 Å². The summed E-state index contributed by atoms with van der Waals surface area (Å²) in [5, 5.41) is 27.3. The van der Waals surface area contributed by atoms with Crippen molar-refractivity contribution >= 4 is 21.2 Å². The van der Waals surface area contributed by atoms with E-state index in [0.717, 1.165) is 23.6 Å². The van der Waals surface area contributed by atoms with Crippen molar-refractivity contribution in [2.45, 2.75) is 12.6 Å². The molecule has 1 unspecified atom stereocenters. The highest BCUT2D eigenvalue weighted by Gasteiger charge is 2.16. The van der Waals surface area contributed by atoms with Gasteiger partial charge in [-0.3, -0.25) is 14.4 Å². The zero-order chi connectivity index (χ0) is 27.0. The minimum atomic E-state index is -3.65. The number of rotatable bonds is 8. The molecule has 1 aromatic carbocycles. The number of hydrogen-bond donors (Lipinski definition) is 3. The number of fused-ring (bicyclic) bond motifs is 1. The van der Waals surface area contributed by atoms with Gasteiger partial charge in [0.25, 0.3) is 0 Å². The van der Waals surface area contributed by atoms with E-state index in [4.69, 9.17) is 5.11 Å². The highest BCUT2D eigenvalue weighted by molar-refractivity contribution is 7.92. The fraction of sp³-hybridized carbons (Fsp3) is 0.160. The lowest BCUT2D eigenvalue weighted by Crippen LogP contribution is -2.19. The molecule has 0 fully saturated rings. The number of hydrogen-bond acceptors (Lipinski definition) is 7. The third-order valence-electron chi connectivity index (χ3n) is 5.72. The van der Waals surface area contributed by atoms with E-state index >= 15 is 0 Å². The summed E-state index contributed by atoms with van der Waals surface area (Å²) in [5.41, 5.74) is 3.72. The first-order valence-corrected chi connectivity index (χ1v) is 13.2. The van der Waals surface area contributed by atoms with Gasteiger partial charge >= 0.3 is 0 Å². The quantitative estimate of drug-likeness (QED) is 0.275. The molecule has 196 valence electrons. The van der Waals surface area contributed by atoms with E-state index in [-0.39, 0.29) is 30.1 Å². The van der Waals surface area contributed by atoms with Crippen LogP contribution in [-0.2, 0) is 16.6 Å². The highest BCUT2D eigenvalue weighted by atomic mass is 32.2. The lowest BCUT2D eigenvalue weighted by molar-refractivity contribution is 0.0783. The third kappa shape index (κ3) is 5.39. The average Bonchev–Trinajstić information content (AvgIpc) is 3.49. The second-order valence-corrected chi connectivity index (χ2v) is 10.5. The molecule has 3 N–H and O–H groups in total. The van der Waals surface area contributed by atoms with E-state index in [1.165, 1.54) is 10.7 Å². The summed E-state index contributed by atoms with van der Waals surface area (Å²) in [5.74, 6) is -1.71. The number of nitrogens with zero attached hydrogens (tertiary/aromatic N) is 5. The number of sulfonamides is 1. The number of aliphatic hydroxyl groups is 2. The monoisotopic (exact) mass is 540 g/mol. The Hall–Kier alpha value is -4.20. The van der Waals surface area contributed by atoms with Gasteiger partial charge in [0.05, 0.1) is 49.6 Å². The van der Waals surface area contributed by atoms with Crippen molar-refractivity contribution < 1.29 is 27.4 Å². The molecule has 0 saturated heterocycles. The van der Waals surface area contributed by atoms with Crippen molar-refractivity contribution in [1.29, 1.82) is 0 Å². The maximum Gasteiger partial charge on any atom is 0.229 e. The third-order valence-corrected chi connectivity index (χ3v) is 6.33. The van der Waals surface area contributed by atoms with E-state index in [9.17, 15) is 22.3 Å². The Morgan fingerprint density at radius 3 is 2.50 bits per heavy atom. The molecule has 0 amide bonds. The second-order valence-electron chi connectivity index (χ2n) is 8.75. The molecule has 0 saturated carbocycles. The van der Waals surface area contributed by atoms with Gasteiger partial charge in [-0.15, -0.1) is 0 Å². The molecule has 5 aromatic rings. The van der Waals surface area contributed by atoms with Gasteiger partial charge in [-0.25, -0.2) is 21.7 Å². The molecular formula is C25H22F2N6O4S. The van der Waals surface area contributed by atoms with Crippen LogP contribution in [0, 0.1) is 11.6 Å². The Morgan fingerprint density at radius 2 is 1.76 bits per heavy atom. The van der Waals surface area contributed by atoms with Gasteiger partial charge in [0.15, 0.2) is 5.82 Å². The first kappa shape index (κ1) is 25.4. The number of nitrogens with one attached hydrogen (secondary N) is 1. The van der Waals surface area contributed by atoms with Crippen LogP contribution in [0.4, 0.5) is 14.5 Å². The van der Waals surface area contributed by atoms with Crippen LogP contribution in [0.1, 0.15) is 0 Å². The van der Waals surface area contributed by atoms with Crippen LogP contribution in [0.5, 0.6) is 0 Å². The fourth-order valence-electron chi connectivity index (χ4n) is 4.08. The predicted molar refractivity (Wildman–Crippen MR) is 137 cm³/mol. The maximum absolute atomic E-state index is 14.5. The van der Waals surface area contributed by atoms with Crippen molar-refractivity contribution in [3.05, 3.63) is 79.0 Å². The Balaban J connectivity index is 1.56. The summed E-state index contributed by atoms with van der Waals surface area (Å²) in [7, 11) is -3.65. The Bertz CT molecular complexity index is 1750. The summed E-state index contributed by atoms with van der Waals surface area (Å²) >= 11 is 0. The van der Waals surface area contributed by atoms with Crippen LogP contribution in [0.3, 0.4) is 0 Å². The molecule has 0 bridgehead atoms. The Kier molecular flexibility index (Phi) is 6.65. The van der Waals surface area contributed by atoms with Crippen LogP contribution in [0.2, 0.25) is 0 Å². The number of halogens is 2. The maximum atomic E-state index is 14.5. The van der Waals surface area contributed by atoms with Gasteiger partial charge in [0.1, 0.15) is 11.5 Å². The molecule has 0 radical (unpaired) electrons. The fourth-order valence-corrected chi connectivity index (χ4v) is 4.63. The summed E-state index contributed by atoms with van der Waals surface area (Å²) in [4.78, 5) is 3.86. The lowest BCUT2D eigenvalue weighted by atomic mass is 10.0. The van der Waals surface area contributed by atoms with Crippen molar-refractivity contribution in [2.75, 3.05) is 17.6 Å². The van der Waals surface area contributed by atoms with Gasteiger partial charge in [-0.1, -0.05) is 6.07 Å². The zero-order valence-corrected chi connectivity index (χ0v) is 20.8. The molecule has 10 nitrogen and oxygen atoms in total. The highest BCUT2D eigenvalue weighted by Crippen LogP contribution is 2.34. The van der Waals surface area contributed by atoms with Crippen molar-refractivity contribution in [3.8, 4) is 33.5 Å². The largest absolute Gasteiger partial charge is 0.394 e. The van der Waals surface area contributed by atoms with Crippen molar-refractivity contribution in [3.63, 3.8) is 0 Å². The van der Waals surface area contributed by atoms with Gasteiger partial charge in [-0.05, 0) is 29.8 Å². The van der Waals surface area contributed by atoms with Gasteiger partial charge in [0, 0.05) is 46.4 Å². The molecule has 0 aliphatic carbocycles. The Morgan fingerprint density at radius 1 is 0.974 bits per heavy atom. The Labute approximate surface area is 215 Å². The number of aliphatic hydroxyl groups excluding tert-OH is 2. The van der Waals surface area contributed by atoms with Gasteiger partial charge in [-0.2, -0.15) is 10.2 Å². The van der Waals surface area contributed by atoms with Crippen LogP contribution < -0.4 is 4.72 Å². The normalized spacial score (nSPS) is 12.7. The van der Waals surface area contributed by atoms with Crippen molar-refractivity contribution in [2.24, 2.45) is 0 Å². The molecular weight excluding hydrogens is 518 g/mol. The standard InChI is InChI=1S/C25H22F2N6O4S/c1-38(36,37)31-20-5-16(4-17(6-20)25-23(27)7-19(26)9-28-25)22-10-30-33-12-15(2-3-24(22)33)18-8-29-32(11-18)13-21(35)14-34/h2-12,21,31,34-35H,13-14H2,1H3. The number of benzene rings is 1. The SMILES string of the molecule is CS(=O)(=O)Nc1cc(-c2ncc(F)cc2F)cc(-c2cnn3cc(-c4cnn(CC(O)CO)c4)ccc23)c1. The van der Waals surface area contributed by atoms with E-state index in [1.807, 2.05) is 12.1 Å². The first-order chi connectivity index (χ1) is 18.1. The minimum Gasteiger partial charge on any atom is -0.394 e. The summed E-state index contributed by atoms with van der Waals surface area (Å²) < 4.78 is 57.4. The molecule has 5 rings (SSSR count). The number of anilines is 1. The predicted octanol–water partition coefficient (Wildman–Crippen LogP) is 2.93. The molecule has 0 aliphatic heterocycles. The summed E-state index contributed by atoms with van der Waals surface area (Å²) in [6.45, 7) is -0.224. The van der Waals surface area contributed by atoms with Crippen LogP contribution in [0.15, 0.2) is 67.4 Å². The summed E-state index contributed by atoms with van der Waals surface area (Å²) in [6.07, 6.45) is 7.71. The van der Waals surface area contributed by atoms with Crippen LogP contribution in [0.25, 0.3) is 39.0 Å². The van der Waals surface area contributed by atoms with E-state index in [1.54, 1.807) is 41.4 Å². The van der Waals surface area contributed by atoms with Gasteiger partial charge < -0.3 is 10.2 Å². The molecule has 38 heavy (non-hydrogen) atoms. The number of pyridine rings is 2. The van der Waals surface area contributed by atoms with Crippen LogP contribution in [-0.4, -0.2) is 62.0 Å². The van der Waals surface area contributed by atoms with Crippen molar-refractivity contribution in [1.82, 2.24) is 24.4 Å². The van der Waals surface area contributed by atoms with E-state index < -0.39 is 27.8 Å². The molecule has 13 heteroatoms. The van der Waals surface area contributed by atoms with E-state index in [2.05, 4.69) is 19.9 Å². The topological polar surface area (TPSA) is 135 Å². The average molecular weight is 541 g/mol. The molecule has 0 aliphatic rings.